The zero-order chi connectivity index (χ0) is 15.7. The highest BCUT2D eigenvalue weighted by atomic mass is 16.3. The molecule has 6 heteroatoms. The van der Waals surface area contributed by atoms with Crippen LogP contribution in [0.15, 0.2) is 52.1 Å². The molecule has 2 aromatic carbocycles. The normalized spacial score (nSPS) is 12.2. The van der Waals surface area contributed by atoms with E-state index < -0.39 is 0 Å². The predicted octanol–water partition coefficient (Wildman–Crippen LogP) is 2.10. The van der Waals surface area contributed by atoms with Crippen LogP contribution in [0.1, 0.15) is 18.5 Å². The molecule has 0 aliphatic heterocycles. The summed E-state index contributed by atoms with van der Waals surface area (Å²) >= 11 is 0. The molecule has 3 aromatic rings. The van der Waals surface area contributed by atoms with Crippen LogP contribution >= 0.6 is 0 Å². The van der Waals surface area contributed by atoms with E-state index in [1.54, 1.807) is 42.5 Å². The highest BCUT2D eigenvalue weighted by Crippen LogP contribution is 2.24. The van der Waals surface area contributed by atoms with Crippen LogP contribution in [0, 0.1) is 0 Å². The van der Waals surface area contributed by atoms with Gasteiger partial charge in [0.05, 0.1) is 10.8 Å². The summed E-state index contributed by atoms with van der Waals surface area (Å²) in [6, 6.07) is 11.8. The topological polar surface area (TPSA) is 98.0 Å². The molecular weight excluding hydrogens is 282 g/mol. The molecule has 0 spiro atoms. The maximum Gasteiger partial charge on any atom is 0.272 e. The lowest BCUT2D eigenvalue weighted by molar-refractivity contribution is 0.475. The Kier molecular flexibility index (Phi) is 3.42. The van der Waals surface area contributed by atoms with Crippen LogP contribution in [0.3, 0.4) is 0 Å². The number of phenolic OH excluding ortho intramolecular Hbond substituents is 1. The monoisotopic (exact) mass is 297 g/mol. The zero-order valence-electron chi connectivity index (χ0n) is 11.9. The van der Waals surface area contributed by atoms with Gasteiger partial charge in [-0.1, -0.05) is 18.2 Å². The van der Waals surface area contributed by atoms with Crippen molar-refractivity contribution in [2.75, 3.05) is 5.32 Å². The molecule has 1 heterocycles. The molecule has 3 rings (SSSR count). The van der Waals surface area contributed by atoms with Gasteiger partial charge in [0.25, 0.3) is 11.1 Å². The van der Waals surface area contributed by atoms with Crippen molar-refractivity contribution in [1.82, 2.24) is 10.2 Å². The molecule has 0 bridgehead atoms. The van der Waals surface area contributed by atoms with Crippen LogP contribution in [0.5, 0.6) is 5.75 Å². The van der Waals surface area contributed by atoms with E-state index in [1.165, 1.54) is 0 Å². The van der Waals surface area contributed by atoms with E-state index in [0.29, 0.717) is 16.5 Å². The Hall–Kier alpha value is -3.02. The second kappa shape index (κ2) is 5.40. The van der Waals surface area contributed by atoms with E-state index >= 15 is 0 Å². The molecule has 1 aromatic heterocycles. The average molecular weight is 297 g/mol. The van der Waals surface area contributed by atoms with Gasteiger partial charge >= 0.3 is 0 Å². The summed E-state index contributed by atoms with van der Waals surface area (Å²) < 4.78 is 0. The molecule has 0 radical (unpaired) electrons. The maximum absolute atomic E-state index is 12.0. The van der Waals surface area contributed by atoms with Crippen LogP contribution in [0.25, 0.3) is 10.8 Å². The van der Waals surface area contributed by atoms with Crippen molar-refractivity contribution >= 4 is 16.5 Å². The Balaban J connectivity index is 2.04. The number of phenols is 1. The SMILES string of the molecule is CC(Nc1cccc2c(=O)[nH][nH]c(=O)c12)c1ccc(O)cc1. The summed E-state index contributed by atoms with van der Waals surface area (Å²) in [6.45, 7) is 1.94. The fraction of sp³-hybridized carbons (Fsp3) is 0.125. The number of rotatable bonds is 3. The maximum atomic E-state index is 12.0. The first-order valence-corrected chi connectivity index (χ1v) is 6.85. The lowest BCUT2D eigenvalue weighted by Crippen LogP contribution is -2.20. The summed E-state index contributed by atoms with van der Waals surface area (Å²) in [7, 11) is 0. The molecular formula is C16H15N3O3. The van der Waals surface area contributed by atoms with Gasteiger partial charge in [-0.05, 0) is 36.8 Å². The molecule has 4 N–H and O–H groups in total. The summed E-state index contributed by atoms with van der Waals surface area (Å²) in [4.78, 5) is 23.8. The van der Waals surface area contributed by atoms with E-state index in [0.717, 1.165) is 5.56 Å². The van der Waals surface area contributed by atoms with Crippen molar-refractivity contribution in [1.29, 1.82) is 0 Å². The number of nitrogens with one attached hydrogen (secondary N) is 3. The Morgan fingerprint density at radius 3 is 2.41 bits per heavy atom. The Morgan fingerprint density at radius 1 is 1.00 bits per heavy atom. The minimum atomic E-state index is -0.351. The van der Waals surface area contributed by atoms with E-state index in [2.05, 4.69) is 15.5 Å². The first-order chi connectivity index (χ1) is 10.6. The van der Waals surface area contributed by atoms with Crippen molar-refractivity contribution in [3.8, 4) is 5.75 Å². The first-order valence-electron chi connectivity index (χ1n) is 6.85. The quantitative estimate of drug-likeness (QED) is 0.595. The molecule has 6 nitrogen and oxygen atoms in total. The molecule has 0 aliphatic rings. The smallest absolute Gasteiger partial charge is 0.272 e. The number of fused-ring (bicyclic) bond motifs is 1. The molecule has 0 saturated carbocycles. The largest absolute Gasteiger partial charge is 0.508 e. The van der Waals surface area contributed by atoms with E-state index in [4.69, 9.17) is 0 Å². The van der Waals surface area contributed by atoms with Gasteiger partial charge in [0, 0.05) is 11.7 Å². The number of benzene rings is 2. The Labute approximate surface area is 125 Å². The number of anilines is 1. The highest BCUT2D eigenvalue weighted by molar-refractivity contribution is 5.92. The standard InChI is InChI=1S/C16H15N3O3/c1-9(10-5-7-11(20)8-6-10)17-13-4-2-3-12-14(13)16(22)19-18-15(12)21/h2-9,17,20H,1H3,(H,18,21)(H,19,22). The Morgan fingerprint density at radius 2 is 1.68 bits per heavy atom. The summed E-state index contributed by atoms with van der Waals surface area (Å²) in [5, 5.41) is 17.9. The van der Waals surface area contributed by atoms with Gasteiger partial charge in [0.15, 0.2) is 0 Å². The van der Waals surface area contributed by atoms with E-state index in [-0.39, 0.29) is 22.9 Å². The van der Waals surface area contributed by atoms with Gasteiger partial charge in [0.1, 0.15) is 5.75 Å². The van der Waals surface area contributed by atoms with Crippen molar-refractivity contribution < 1.29 is 5.11 Å². The van der Waals surface area contributed by atoms with Gasteiger partial charge in [-0.2, -0.15) is 0 Å². The number of aromatic hydroxyl groups is 1. The van der Waals surface area contributed by atoms with Gasteiger partial charge in [-0.15, -0.1) is 0 Å². The number of H-pyrrole nitrogens is 2. The predicted molar refractivity (Wildman–Crippen MR) is 85.3 cm³/mol. The molecule has 112 valence electrons. The third-order valence-corrected chi connectivity index (χ3v) is 3.59. The van der Waals surface area contributed by atoms with Crippen LogP contribution in [-0.4, -0.2) is 15.3 Å². The minimum absolute atomic E-state index is 0.0927. The van der Waals surface area contributed by atoms with Crippen LogP contribution in [0.4, 0.5) is 5.69 Å². The van der Waals surface area contributed by atoms with Crippen molar-refractivity contribution in [2.45, 2.75) is 13.0 Å². The highest BCUT2D eigenvalue weighted by Gasteiger charge is 2.11. The minimum Gasteiger partial charge on any atom is -0.508 e. The first kappa shape index (κ1) is 13.9. The van der Waals surface area contributed by atoms with Crippen molar-refractivity contribution in [3.63, 3.8) is 0 Å². The number of aromatic nitrogens is 2. The van der Waals surface area contributed by atoms with E-state index in [1.807, 2.05) is 6.92 Å². The van der Waals surface area contributed by atoms with E-state index in [9.17, 15) is 14.7 Å². The molecule has 22 heavy (non-hydrogen) atoms. The third-order valence-electron chi connectivity index (χ3n) is 3.59. The van der Waals surface area contributed by atoms with Gasteiger partial charge in [0.2, 0.25) is 0 Å². The number of hydrogen-bond donors (Lipinski definition) is 4. The molecule has 1 atom stereocenters. The molecule has 0 aliphatic carbocycles. The van der Waals surface area contributed by atoms with Crippen molar-refractivity contribution in [3.05, 3.63) is 68.7 Å². The average Bonchev–Trinajstić information content (AvgIpc) is 2.52. The fourth-order valence-corrected chi connectivity index (χ4v) is 2.43. The van der Waals surface area contributed by atoms with Gasteiger partial charge in [-0.3, -0.25) is 19.8 Å². The molecule has 0 fully saturated rings. The number of hydrogen-bond acceptors (Lipinski definition) is 4. The lowest BCUT2D eigenvalue weighted by Gasteiger charge is -2.17. The van der Waals surface area contributed by atoms with Gasteiger partial charge in [-0.25, -0.2) is 0 Å². The molecule has 0 saturated heterocycles. The summed E-state index contributed by atoms with van der Waals surface area (Å²) in [5.74, 6) is 0.198. The van der Waals surface area contributed by atoms with Crippen LogP contribution in [0.2, 0.25) is 0 Å². The second-order valence-corrected chi connectivity index (χ2v) is 5.09. The molecule has 1 unspecified atom stereocenters. The third kappa shape index (κ3) is 2.46. The van der Waals surface area contributed by atoms with Crippen LogP contribution in [-0.2, 0) is 0 Å². The van der Waals surface area contributed by atoms with Gasteiger partial charge < -0.3 is 10.4 Å². The Bertz CT molecular complexity index is 926. The van der Waals surface area contributed by atoms with Crippen LogP contribution < -0.4 is 16.4 Å². The zero-order valence-corrected chi connectivity index (χ0v) is 11.9. The lowest BCUT2D eigenvalue weighted by atomic mass is 10.1. The number of aromatic amines is 2. The fourth-order valence-electron chi connectivity index (χ4n) is 2.43. The van der Waals surface area contributed by atoms with Crippen molar-refractivity contribution in [2.24, 2.45) is 0 Å². The molecule has 0 amide bonds. The second-order valence-electron chi connectivity index (χ2n) is 5.09. The summed E-state index contributed by atoms with van der Waals surface area (Å²) in [5.41, 5.74) is 0.854. The summed E-state index contributed by atoms with van der Waals surface area (Å²) in [6.07, 6.45) is 0.